The van der Waals surface area contributed by atoms with Crippen LogP contribution in [0.1, 0.15) is 33.6 Å². The molecule has 0 aliphatic heterocycles. The number of nitrogens with one attached hydrogen (secondary N) is 2. The lowest BCUT2D eigenvalue weighted by Gasteiger charge is -2.18. The fourth-order valence-corrected chi connectivity index (χ4v) is 1.29. The van der Waals surface area contributed by atoms with Crippen LogP contribution in [0, 0.1) is 5.41 Å². The van der Waals surface area contributed by atoms with Gasteiger partial charge in [-0.05, 0) is 6.42 Å². The Balaban J connectivity index is 4.33. The van der Waals surface area contributed by atoms with Crippen LogP contribution in [0.5, 0.6) is 0 Å². The number of rotatable bonds is 7. The summed E-state index contributed by atoms with van der Waals surface area (Å²) < 4.78 is 4.40. The summed E-state index contributed by atoms with van der Waals surface area (Å²) in [5.74, 6) is -2.77. The highest BCUT2D eigenvalue weighted by Crippen LogP contribution is 2.11. The number of ether oxygens (including phenoxy) is 1. The Morgan fingerprint density at radius 2 is 1.76 bits per heavy atom. The number of hydrogen-bond acceptors (Lipinski definition) is 5. The van der Waals surface area contributed by atoms with Crippen LogP contribution < -0.4 is 10.6 Å². The number of methoxy groups -OCH3 is 1. The number of carbonyl (C=O) groups excluding carboxylic acids is 3. The van der Waals surface area contributed by atoms with E-state index in [0.717, 1.165) is 0 Å². The number of hydrogen-bond donors (Lipinski definition) is 3. The average Bonchev–Trinajstić information content (AvgIpc) is 2.38. The lowest BCUT2D eigenvalue weighted by Crippen LogP contribution is -2.47. The molecule has 0 aromatic carbocycles. The highest BCUT2D eigenvalue weighted by Gasteiger charge is 2.24. The molecule has 0 aliphatic rings. The van der Waals surface area contributed by atoms with Gasteiger partial charge in [0.1, 0.15) is 6.04 Å². The molecule has 0 spiro atoms. The van der Waals surface area contributed by atoms with Crippen LogP contribution in [0.4, 0.5) is 0 Å². The summed E-state index contributed by atoms with van der Waals surface area (Å²) in [5, 5.41) is 13.6. The normalized spacial score (nSPS) is 12.2. The van der Waals surface area contributed by atoms with Gasteiger partial charge in [-0.1, -0.05) is 20.8 Å². The Morgan fingerprint density at radius 3 is 2.19 bits per heavy atom. The molecule has 0 rings (SSSR count). The molecule has 0 bridgehead atoms. The van der Waals surface area contributed by atoms with Crippen LogP contribution in [0.15, 0.2) is 0 Å². The van der Waals surface area contributed by atoms with Crippen LogP contribution >= 0.6 is 0 Å². The lowest BCUT2D eigenvalue weighted by molar-refractivity contribution is -0.144. The van der Waals surface area contributed by atoms with Crippen LogP contribution in [0.25, 0.3) is 0 Å². The fourth-order valence-electron chi connectivity index (χ4n) is 1.29. The molecular formula is C13H22N2O6. The van der Waals surface area contributed by atoms with Crippen LogP contribution in [-0.4, -0.2) is 48.6 Å². The third kappa shape index (κ3) is 7.91. The lowest BCUT2D eigenvalue weighted by atomic mass is 9.96. The smallest absolute Gasteiger partial charge is 0.326 e. The SMILES string of the molecule is COC(=O)CC[C@@H](NC(=O)CNC(=O)C(C)(C)C)C(=O)O. The molecule has 0 heterocycles. The summed E-state index contributed by atoms with van der Waals surface area (Å²) in [7, 11) is 1.19. The fraction of sp³-hybridized carbons (Fsp3) is 0.692. The second kappa shape index (κ2) is 8.23. The van der Waals surface area contributed by atoms with Gasteiger partial charge >= 0.3 is 11.9 Å². The van der Waals surface area contributed by atoms with Gasteiger partial charge in [-0.15, -0.1) is 0 Å². The Bertz CT molecular complexity index is 413. The molecule has 0 aromatic rings. The highest BCUT2D eigenvalue weighted by molar-refractivity contribution is 5.89. The van der Waals surface area contributed by atoms with E-state index >= 15 is 0 Å². The molecule has 120 valence electrons. The quantitative estimate of drug-likeness (QED) is 0.554. The Morgan fingerprint density at radius 1 is 1.19 bits per heavy atom. The van der Waals surface area contributed by atoms with Crippen molar-refractivity contribution in [2.24, 2.45) is 5.41 Å². The number of carboxylic acid groups (broad SMARTS) is 1. The van der Waals surface area contributed by atoms with Crippen LogP contribution in [0.3, 0.4) is 0 Å². The molecule has 0 aromatic heterocycles. The summed E-state index contributed by atoms with van der Waals surface area (Å²) in [6.07, 6.45) is -0.205. The van der Waals surface area contributed by atoms with E-state index in [4.69, 9.17) is 5.11 Å². The maximum Gasteiger partial charge on any atom is 0.326 e. The molecule has 8 heteroatoms. The molecule has 1 atom stereocenters. The third-order valence-corrected chi connectivity index (χ3v) is 2.59. The van der Waals surface area contributed by atoms with E-state index in [1.54, 1.807) is 20.8 Å². The molecule has 0 saturated heterocycles. The Labute approximate surface area is 123 Å². The summed E-state index contributed by atoms with van der Waals surface area (Å²) in [5.41, 5.74) is -0.642. The van der Waals surface area contributed by atoms with E-state index < -0.39 is 29.3 Å². The topological polar surface area (TPSA) is 122 Å². The van der Waals surface area contributed by atoms with Crippen molar-refractivity contribution in [2.75, 3.05) is 13.7 Å². The first-order valence-corrected chi connectivity index (χ1v) is 6.45. The first-order valence-electron chi connectivity index (χ1n) is 6.45. The van der Waals surface area contributed by atoms with Crippen molar-refractivity contribution < 1.29 is 29.0 Å². The third-order valence-electron chi connectivity index (χ3n) is 2.59. The standard InChI is InChI=1S/C13H22N2O6/c1-13(2,3)12(20)14-7-9(16)15-8(11(18)19)5-6-10(17)21-4/h8H,5-7H2,1-4H3,(H,14,20)(H,15,16)(H,18,19)/t8-/m1/s1. The average molecular weight is 302 g/mol. The Kier molecular flexibility index (Phi) is 7.40. The van der Waals surface area contributed by atoms with E-state index in [9.17, 15) is 19.2 Å². The van der Waals surface area contributed by atoms with Crippen molar-refractivity contribution in [2.45, 2.75) is 39.7 Å². The van der Waals surface area contributed by atoms with Crippen molar-refractivity contribution >= 4 is 23.8 Å². The van der Waals surface area contributed by atoms with Gasteiger partial charge < -0.3 is 20.5 Å². The van der Waals surface area contributed by atoms with Crippen LogP contribution in [-0.2, 0) is 23.9 Å². The maximum atomic E-state index is 11.6. The molecule has 2 amide bonds. The minimum absolute atomic E-state index is 0.0824. The second-order valence-electron chi connectivity index (χ2n) is 5.51. The Hall–Kier alpha value is -2.12. The first kappa shape index (κ1) is 18.9. The van der Waals surface area contributed by atoms with Gasteiger partial charge in [-0.25, -0.2) is 4.79 Å². The monoisotopic (exact) mass is 302 g/mol. The van der Waals surface area contributed by atoms with Crippen molar-refractivity contribution in [3.8, 4) is 0 Å². The minimum Gasteiger partial charge on any atom is -0.480 e. The van der Waals surface area contributed by atoms with E-state index in [1.165, 1.54) is 7.11 Å². The molecule has 0 fully saturated rings. The zero-order chi connectivity index (χ0) is 16.6. The summed E-state index contributed by atoms with van der Waals surface area (Å²) in [4.78, 5) is 45.1. The van der Waals surface area contributed by atoms with E-state index in [-0.39, 0.29) is 25.3 Å². The molecular weight excluding hydrogens is 280 g/mol. The van der Waals surface area contributed by atoms with Gasteiger partial charge in [0, 0.05) is 11.8 Å². The number of esters is 1. The van der Waals surface area contributed by atoms with Gasteiger partial charge in [0.2, 0.25) is 11.8 Å². The largest absolute Gasteiger partial charge is 0.480 e. The first-order chi connectivity index (χ1) is 9.57. The van der Waals surface area contributed by atoms with E-state index in [1.807, 2.05) is 0 Å². The van der Waals surface area contributed by atoms with Gasteiger partial charge in [0.05, 0.1) is 13.7 Å². The van der Waals surface area contributed by atoms with Crippen LogP contribution in [0.2, 0.25) is 0 Å². The molecule has 0 aliphatic carbocycles. The molecule has 0 unspecified atom stereocenters. The summed E-state index contributed by atoms with van der Waals surface area (Å²) in [6, 6.07) is -1.21. The van der Waals surface area contributed by atoms with E-state index in [2.05, 4.69) is 15.4 Å². The molecule has 8 nitrogen and oxygen atoms in total. The number of amides is 2. The van der Waals surface area contributed by atoms with Crippen molar-refractivity contribution in [3.05, 3.63) is 0 Å². The second-order valence-corrected chi connectivity index (χ2v) is 5.51. The van der Waals surface area contributed by atoms with Crippen molar-refractivity contribution in [1.29, 1.82) is 0 Å². The predicted octanol–water partition coefficient (Wildman–Crippen LogP) is -0.329. The van der Waals surface area contributed by atoms with Gasteiger partial charge in [-0.2, -0.15) is 0 Å². The predicted molar refractivity (Wildman–Crippen MR) is 73.3 cm³/mol. The van der Waals surface area contributed by atoms with Gasteiger partial charge in [-0.3, -0.25) is 14.4 Å². The van der Waals surface area contributed by atoms with E-state index in [0.29, 0.717) is 0 Å². The zero-order valence-corrected chi connectivity index (χ0v) is 12.7. The number of aliphatic carboxylic acids is 1. The molecule has 3 N–H and O–H groups in total. The molecule has 0 radical (unpaired) electrons. The molecule has 21 heavy (non-hydrogen) atoms. The summed E-state index contributed by atoms with van der Waals surface area (Å²) >= 11 is 0. The number of carboxylic acids is 1. The van der Waals surface area contributed by atoms with Gasteiger partial charge in [0.25, 0.3) is 0 Å². The van der Waals surface area contributed by atoms with Crippen molar-refractivity contribution in [3.63, 3.8) is 0 Å². The van der Waals surface area contributed by atoms with Gasteiger partial charge in [0.15, 0.2) is 0 Å². The number of carbonyl (C=O) groups is 4. The maximum absolute atomic E-state index is 11.6. The summed E-state index contributed by atoms with van der Waals surface area (Å²) in [6.45, 7) is 4.75. The zero-order valence-electron chi connectivity index (χ0n) is 12.7. The highest BCUT2D eigenvalue weighted by atomic mass is 16.5. The van der Waals surface area contributed by atoms with Crippen molar-refractivity contribution in [1.82, 2.24) is 10.6 Å². The minimum atomic E-state index is -1.26. The molecule has 0 saturated carbocycles.